The molecule has 28 heavy (non-hydrogen) atoms. The van der Waals surface area contributed by atoms with E-state index in [2.05, 4.69) is 27.6 Å². The molecule has 2 aromatic carbocycles. The van der Waals surface area contributed by atoms with Gasteiger partial charge in [-0.05, 0) is 84.5 Å². The summed E-state index contributed by atoms with van der Waals surface area (Å²) in [6.07, 6.45) is 1.68. The highest BCUT2D eigenvalue weighted by Crippen LogP contribution is 2.35. The Balaban J connectivity index is 1.93. The number of methoxy groups -OCH3 is 1. The molecule has 146 valence electrons. The third-order valence-electron chi connectivity index (χ3n) is 3.88. The van der Waals surface area contributed by atoms with Gasteiger partial charge in [-0.25, -0.2) is 9.79 Å². The van der Waals surface area contributed by atoms with E-state index in [1.807, 2.05) is 26.0 Å². The first-order valence-electron chi connectivity index (χ1n) is 8.81. The summed E-state index contributed by atoms with van der Waals surface area (Å²) in [6.45, 7) is 4.88. The summed E-state index contributed by atoms with van der Waals surface area (Å²) in [4.78, 5) is 16.6. The molecule has 6 nitrogen and oxygen atoms in total. The average molecular weight is 493 g/mol. The monoisotopic (exact) mass is 493 g/mol. The van der Waals surface area contributed by atoms with Crippen molar-refractivity contribution in [3.63, 3.8) is 0 Å². The average Bonchev–Trinajstić information content (AvgIpc) is 3.05. The van der Waals surface area contributed by atoms with Gasteiger partial charge in [0.2, 0.25) is 5.90 Å². The fourth-order valence-electron chi connectivity index (χ4n) is 2.64. The van der Waals surface area contributed by atoms with Crippen LogP contribution in [0.2, 0.25) is 0 Å². The highest BCUT2D eigenvalue weighted by Gasteiger charge is 2.24. The van der Waals surface area contributed by atoms with Crippen molar-refractivity contribution in [3.05, 3.63) is 56.8 Å². The predicted molar refractivity (Wildman–Crippen MR) is 115 cm³/mol. The smallest absolute Gasteiger partial charge is 0.363 e. The van der Waals surface area contributed by atoms with Gasteiger partial charge in [0, 0.05) is 5.56 Å². The Morgan fingerprint density at radius 1 is 1.11 bits per heavy atom. The summed E-state index contributed by atoms with van der Waals surface area (Å²) in [5.41, 5.74) is 1.71. The van der Waals surface area contributed by atoms with Crippen LogP contribution in [0.25, 0.3) is 6.08 Å². The molecule has 0 unspecified atom stereocenters. The molecular weight excluding hydrogens is 473 g/mol. The molecule has 0 N–H and O–H groups in total. The first kappa shape index (κ1) is 20.2. The van der Waals surface area contributed by atoms with E-state index in [1.54, 1.807) is 37.5 Å². The van der Waals surface area contributed by atoms with Crippen LogP contribution in [0.3, 0.4) is 0 Å². The Hall–Kier alpha value is -2.55. The van der Waals surface area contributed by atoms with Crippen LogP contribution in [0.5, 0.6) is 17.2 Å². The highest BCUT2D eigenvalue weighted by atomic mass is 127. The Morgan fingerprint density at radius 2 is 1.82 bits per heavy atom. The molecule has 1 heterocycles. The van der Waals surface area contributed by atoms with Crippen molar-refractivity contribution < 1.29 is 23.7 Å². The number of carbonyl (C=O) groups is 1. The van der Waals surface area contributed by atoms with Crippen molar-refractivity contribution in [3.8, 4) is 17.2 Å². The fourth-order valence-corrected chi connectivity index (χ4v) is 3.42. The first-order chi connectivity index (χ1) is 13.5. The summed E-state index contributed by atoms with van der Waals surface area (Å²) in [7, 11) is 1.59. The Bertz CT molecular complexity index is 935. The van der Waals surface area contributed by atoms with Crippen LogP contribution in [-0.2, 0) is 9.53 Å². The number of carbonyl (C=O) groups excluding carboxylic acids is 1. The zero-order valence-corrected chi connectivity index (χ0v) is 18.0. The number of benzene rings is 2. The lowest BCUT2D eigenvalue weighted by atomic mass is 10.1. The zero-order chi connectivity index (χ0) is 20.1. The largest absolute Gasteiger partial charge is 0.497 e. The van der Waals surface area contributed by atoms with E-state index in [-0.39, 0.29) is 11.6 Å². The van der Waals surface area contributed by atoms with Crippen LogP contribution >= 0.6 is 22.6 Å². The summed E-state index contributed by atoms with van der Waals surface area (Å²) < 4.78 is 22.7. The molecular formula is C21H20INO5. The van der Waals surface area contributed by atoms with Gasteiger partial charge in [0.05, 0.1) is 23.9 Å². The van der Waals surface area contributed by atoms with Gasteiger partial charge in [-0.15, -0.1) is 0 Å². The number of esters is 1. The molecule has 7 heteroatoms. The standard InChI is InChI=1S/C21H20INO5/c1-4-26-18-12-13(10-16(22)19(18)27-5-2)11-17-21(24)28-20(23-17)14-6-8-15(25-3)9-7-14/h6-12H,4-5H2,1-3H3/b17-11+. The number of cyclic esters (lactones) is 1. The predicted octanol–water partition coefficient (Wildman–Crippen LogP) is 4.44. The fraction of sp³-hybridized carbons (Fsp3) is 0.238. The molecule has 3 rings (SSSR count). The molecule has 0 radical (unpaired) electrons. The molecule has 0 saturated carbocycles. The van der Waals surface area contributed by atoms with Gasteiger partial charge in [0.25, 0.3) is 0 Å². The molecule has 1 aliphatic rings. The molecule has 1 aliphatic heterocycles. The number of hydrogen-bond donors (Lipinski definition) is 0. The van der Waals surface area contributed by atoms with E-state index in [0.29, 0.717) is 30.3 Å². The molecule has 0 saturated heterocycles. The summed E-state index contributed by atoms with van der Waals surface area (Å²) in [5.74, 6) is 1.83. The van der Waals surface area contributed by atoms with Crippen LogP contribution in [-0.4, -0.2) is 32.2 Å². The van der Waals surface area contributed by atoms with Crippen LogP contribution < -0.4 is 14.2 Å². The normalized spacial score (nSPS) is 14.6. The van der Waals surface area contributed by atoms with E-state index in [9.17, 15) is 4.79 Å². The minimum Gasteiger partial charge on any atom is -0.497 e. The first-order valence-corrected chi connectivity index (χ1v) is 9.89. The van der Waals surface area contributed by atoms with Gasteiger partial charge < -0.3 is 18.9 Å². The molecule has 0 bridgehead atoms. The van der Waals surface area contributed by atoms with Gasteiger partial charge in [0.15, 0.2) is 17.2 Å². The Labute approximate surface area is 177 Å². The number of halogens is 1. The number of aliphatic imine (C=N–C) groups is 1. The Kier molecular flexibility index (Phi) is 6.56. The number of nitrogens with zero attached hydrogens (tertiary/aromatic N) is 1. The maximum Gasteiger partial charge on any atom is 0.363 e. The lowest BCUT2D eigenvalue weighted by Gasteiger charge is -2.13. The molecule has 2 aromatic rings. The maximum atomic E-state index is 12.3. The summed E-state index contributed by atoms with van der Waals surface area (Å²) >= 11 is 2.19. The summed E-state index contributed by atoms with van der Waals surface area (Å²) in [6, 6.07) is 10.9. The molecule has 0 fully saturated rings. The van der Waals surface area contributed by atoms with Crippen molar-refractivity contribution in [2.45, 2.75) is 13.8 Å². The number of hydrogen-bond acceptors (Lipinski definition) is 6. The lowest BCUT2D eigenvalue weighted by molar-refractivity contribution is -0.129. The third-order valence-corrected chi connectivity index (χ3v) is 4.68. The summed E-state index contributed by atoms with van der Waals surface area (Å²) in [5, 5.41) is 0. The van der Waals surface area contributed by atoms with Crippen molar-refractivity contribution in [2.24, 2.45) is 4.99 Å². The molecule has 0 atom stereocenters. The van der Waals surface area contributed by atoms with Crippen molar-refractivity contribution in [2.75, 3.05) is 20.3 Å². The molecule has 0 spiro atoms. The second-order valence-electron chi connectivity index (χ2n) is 5.76. The van der Waals surface area contributed by atoms with Crippen LogP contribution in [0.1, 0.15) is 25.0 Å². The van der Waals surface area contributed by atoms with Crippen molar-refractivity contribution >= 4 is 40.5 Å². The van der Waals surface area contributed by atoms with Crippen LogP contribution in [0.4, 0.5) is 0 Å². The second-order valence-corrected chi connectivity index (χ2v) is 6.92. The minimum atomic E-state index is -0.493. The van der Waals surface area contributed by atoms with Crippen molar-refractivity contribution in [1.29, 1.82) is 0 Å². The van der Waals surface area contributed by atoms with Gasteiger partial charge >= 0.3 is 5.97 Å². The molecule has 0 amide bonds. The lowest BCUT2D eigenvalue weighted by Crippen LogP contribution is -2.05. The molecule has 0 aliphatic carbocycles. The molecule has 0 aromatic heterocycles. The van der Waals surface area contributed by atoms with E-state index in [4.69, 9.17) is 18.9 Å². The Morgan fingerprint density at radius 3 is 2.46 bits per heavy atom. The van der Waals surface area contributed by atoms with Crippen molar-refractivity contribution in [1.82, 2.24) is 0 Å². The maximum absolute atomic E-state index is 12.3. The SMILES string of the molecule is CCOc1cc(/C=C2/N=C(c3ccc(OC)cc3)OC2=O)cc(I)c1OCC. The van der Waals surface area contributed by atoms with E-state index in [1.165, 1.54) is 0 Å². The van der Waals surface area contributed by atoms with E-state index in [0.717, 1.165) is 14.9 Å². The zero-order valence-electron chi connectivity index (χ0n) is 15.8. The van der Waals surface area contributed by atoms with Gasteiger partial charge in [0.1, 0.15) is 5.75 Å². The second kappa shape index (κ2) is 9.09. The minimum absolute atomic E-state index is 0.230. The van der Waals surface area contributed by atoms with Gasteiger partial charge in [-0.1, -0.05) is 0 Å². The van der Waals surface area contributed by atoms with Crippen LogP contribution in [0.15, 0.2) is 47.1 Å². The van der Waals surface area contributed by atoms with Gasteiger partial charge in [-0.3, -0.25) is 0 Å². The van der Waals surface area contributed by atoms with E-state index < -0.39 is 5.97 Å². The number of rotatable bonds is 7. The number of ether oxygens (including phenoxy) is 4. The topological polar surface area (TPSA) is 66.3 Å². The van der Waals surface area contributed by atoms with E-state index >= 15 is 0 Å². The highest BCUT2D eigenvalue weighted by molar-refractivity contribution is 14.1. The van der Waals surface area contributed by atoms with Gasteiger partial charge in [-0.2, -0.15) is 0 Å². The van der Waals surface area contributed by atoms with Crippen LogP contribution in [0, 0.1) is 3.57 Å². The third kappa shape index (κ3) is 4.46. The quantitative estimate of drug-likeness (QED) is 0.324.